The van der Waals surface area contributed by atoms with Crippen LogP contribution >= 0.6 is 0 Å². The third-order valence-electron chi connectivity index (χ3n) is 15.4. The standard InChI is InChI=1S/C64H46N4/c1-63(2)53-22-12-9-19-47(53)48-32-31-45(38-54(48)63)67-57-34-30-44(37-51(57)60-46-18-8-7-17-42(46)29-33-59(60)67)64(3)36-35-58-52(39-64)49-20-11-14-24-56(49)68(58)62-65-55-23-13-10-21-50(55)61(66-62)43-27-25-41(26-28-43)40-15-5-4-6-16-40/h4-38H,39H2,1-3H3. The van der Waals surface area contributed by atoms with E-state index in [9.17, 15) is 0 Å². The van der Waals surface area contributed by atoms with Gasteiger partial charge in [0.05, 0.1) is 33.5 Å². The topological polar surface area (TPSA) is 35.6 Å². The summed E-state index contributed by atoms with van der Waals surface area (Å²) in [6, 6.07) is 73.2. The minimum Gasteiger partial charge on any atom is -0.309 e. The highest BCUT2D eigenvalue weighted by atomic mass is 15.2. The maximum absolute atomic E-state index is 5.44. The normalized spacial score (nSPS) is 15.9. The van der Waals surface area contributed by atoms with Gasteiger partial charge in [-0.05, 0) is 110 Å². The quantitative estimate of drug-likeness (QED) is 0.173. The molecule has 0 fully saturated rings. The van der Waals surface area contributed by atoms with Crippen LogP contribution in [0.4, 0.5) is 0 Å². The first-order valence-electron chi connectivity index (χ1n) is 23.8. The second-order valence-corrected chi connectivity index (χ2v) is 19.6. The second-order valence-electron chi connectivity index (χ2n) is 19.6. The van der Waals surface area contributed by atoms with Gasteiger partial charge in [0.2, 0.25) is 5.95 Å². The minimum absolute atomic E-state index is 0.0950. The predicted octanol–water partition coefficient (Wildman–Crippen LogP) is 16.0. The van der Waals surface area contributed by atoms with Gasteiger partial charge in [-0.25, -0.2) is 9.97 Å². The molecule has 9 aromatic carbocycles. The number of rotatable bonds is 5. The molecule has 0 saturated heterocycles. The van der Waals surface area contributed by atoms with E-state index in [0.29, 0.717) is 5.95 Å². The molecule has 3 heterocycles. The van der Waals surface area contributed by atoms with Crippen LogP contribution in [0.15, 0.2) is 206 Å². The summed E-state index contributed by atoms with van der Waals surface area (Å²) in [5, 5.41) is 7.36. The largest absolute Gasteiger partial charge is 0.309 e. The molecule has 0 N–H and O–H groups in total. The molecule has 0 radical (unpaired) electrons. The zero-order chi connectivity index (χ0) is 45.3. The van der Waals surface area contributed by atoms with Crippen LogP contribution in [0.25, 0.3) is 106 Å². The fourth-order valence-corrected chi connectivity index (χ4v) is 11.9. The Bertz CT molecular complexity index is 4090. The minimum atomic E-state index is -0.283. The molecule has 4 heteroatoms. The van der Waals surface area contributed by atoms with Crippen LogP contribution in [0.2, 0.25) is 0 Å². The maximum atomic E-state index is 5.44. The molecule has 0 saturated carbocycles. The van der Waals surface area contributed by atoms with Crippen LogP contribution in [0.5, 0.6) is 0 Å². The lowest BCUT2D eigenvalue weighted by atomic mass is 9.73. The van der Waals surface area contributed by atoms with E-state index in [-0.39, 0.29) is 10.8 Å². The summed E-state index contributed by atoms with van der Waals surface area (Å²) in [5.74, 6) is 0.677. The number of benzene rings is 9. The molecule has 68 heavy (non-hydrogen) atoms. The predicted molar refractivity (Wildman–Crippen MR) is 283 cm³/mol. The summed E-state index contributed by atoms with van der Waals surface area (Å²) in [4.78, 5) is 10.7. The first kappa shape index (κ1) is 38.9. The van der Waals surface area contributed by atoms with Crippen molar-refractivity contribution in [3.8, 4) is 45.1 Å². The van der Waals surface area contributed by atoms with Crippen molar-refractivity contribution in [3.05, 3.63) is 234 Å². The summed E-state index contributed by atoms with van der Waals surface area (Å²) in [7, 11) is 0. The fourth-order valence-electron chi connectivity index (χ4n) is 11.9. The summed E-state index contributed by atoms with van der Waals surface area (Å²) >= 11 is 0. The van der Waals surface area contributed by atoms with E-state index in [0.717, 1.165) is 39.8 Å². The third-order valence-corrected chi connectivity index (χ3v) is 15.4. The molecule has 14 rings (SSSR count). The van der Waals surface area contributed by atoms with Crippen molar-refractivity contribution in [2.24, 2.45) is 0 Å². The number of hydrogen-bond acceptors (Lipinski definition) is 2. The maximum Gasteiger partial charge on any atom is 0.235 e. The number of nitrogens with zero attached hydrogens (tertiary/aromatic N) is 4. The van der Waals surface area contributed by atoms with Crippen LogP contribution in [0.1, 0.15) is 48.7 Å². The highest BCUT2D eigenvalue weighted by Gasteiger charge is 2.36. The molecule has 4 nitrogen and oxygen atoms in total. The Hall–Kier alpha value is -8.34. The molecule has 3 aromatic heterocycles. The summed E-state index contributed by atoms with van der Waals surface area (Å²) in [5.41, 5.74) is 18.8. The third kappa shape index (κ3) is 5.61. The van der Waals surface area contributed by atoms with Crippen molar-refractivity contribution >= 4 is 60.5 Å². The number of fused-ring (bicyclic) bond motifs is 12. The molecule has 0 bridgehead atoms. The van der Waals surface area contributed by atoms with Gasteiger partial charge in [-0.1, -0.05) is 185 Å². The fraction of sp³-hybridized carbons (Fsp3) is 0.0938. The molecule has 12 aromatic rings. The van der Waals surface area contributed by atoms with Gasteiger partial charge in [0, 0.05) is 43.6 Å². The van der Waals surface area contributed by atoms with Crippen LogP contribution in [-0.4, -0.2) is 19.1 Å². The van der Waals surface area contributed by atoms with Gasteiger partial charge in [0.25, 0.3) is 0 Å². The average molecular weight is 871 g/mol. The lowest BCUT2D eigenvalue weighted by molar-refractivity contribution is 0.588. The van der Waals surface area contributed by atoms with Crippen LogP contribution < -0.4 is 0 Å². The summed E-state index contributed by atoms with van der Waals surface area (Å²) in [6.07, 6.45) is 5.59. The van der Waals surface area contributed by atoms with Crippen molar-refractivity contribution < 1.29 is 0 Å². The van der Waals surface area contributed by atoms with Gasteiger partial charge >= 0.3 is 0 Å². The Morgan fingerprint density at radius 1 is 0.471 bits per heavy atom. The number of allylic oxidation sites excluding steroid dienone is 1. The smallest absolute Gasteiger partial charge is 0.235 e. The Kier molecular flexibility index (Phi) is 8.19. The second kappa shape index (κ2) is 14.3. The van der Waals surface area contributed by atoms with Gasteiger partial charge in [0.1, 0.15) is 0 Å². The van der Waals surface area contributed by atoms with E-state index >= 15 is 0 Å². The number of para-hydroxylation sites is 2. The highest BCUT2D eigenvalue weighted by molar-refractivity contribution is 6.21. The molecule has 322 valence electrons. The Labute approximate surface area is 395 Å². The number of aromatic nitrogens is 4. The van der Waals surface area contributed by atoms with E-state index in [1.165, 1.54) is 88.2 Å². The van der Waals surface area contributed by atoms with Gasteiger partial charge in [0.15, 0.2) is 0 Å². The Morgan fingerprint density at radius 3 is 2.01 bits per heavy atom. The lowest BCUT2D eigenvalue weighted by Gasteiger charge is -2.30. The Morgan fingerprint density at radius 2 is 1.15 bits per heavy atom. The lowest BCUT2D eigenvalue weighted by Crippen LogP contribution is -2.25. The van der Waals surface area contributed by atoms with Crippen molar-refractivity contribution in [1.82, 2.24) is 19.1 Å². The van der Waals surface area contributed by atoms with E-state index in [1.54, 1.807) is 0 Å². The van der Waals surface area contributed by atoms with Gasteiger partial charge in [-0.2, -0.15) is 0 Å². The molecule has 2 aliphatic carbocycles. The average Bonchev–Trinajstić information content (AvgIpc) is 3.98. The van der Waals surface area contributed by atoms with Gasteiger partial charge < -0.3 is 4.57 Å². The molecule has 0 amide bonds. The van der Waals surface area contributed by atoms with Crippen LogP contribution in [0.3, 0.4) is 0 Å². The van der Waals surface area contributed by atoms with Crippen LogP contribution in [-0.2, 0) is 17.3 Å². The molecule has 1 atom stereocenters. The van der Waals surface area contributed by atoms with E-state index in [1.807, 2.05) is 0 Å². The molecule has 2 aliphatic rings. The zero-order valence-electron chi connectivity index (χ0n) is 38.2. The van der Waals surface area contributed by atoms with Crippen molar-refractivity contribution in [2.75, 3.05) is 0 Å². The Balaban J connectivity index is 0.909. The number of hydrogen-bond donors (Lipinski definition) is 0. The van der Waals surface area contributed by atoms with E-state index in [2.05, 4.69) is 242 Å². The zero-order valence-corrected chi connectivity index (χ0v) is 38.2. The monoisotopic (exact) mass is 870 g/mol. The molecule has 1 unspecified atom stereocenters. The first-order chi connectivity index (χ1) is 33.3. The van der Waals surface area contributed by atoms with Crippen molar-refractivity contribution in [2.45, 2.75) is 38.0 Å². The highest BCUT2D eigenvalue weighted by Crippen LogP contribution is 2.50. The molecule has 0 spiro atoms. The molecular weight excluding hydrogens is 825 g/mol. The van der Waals surface area contributed by atoms with Crippen molar-refractivity contribution in [1.29, 1.82) is 0 Å². The summed E-state index contributed by atoms with van der Waals surface area (Å²) in [6.45, 7) is 7.14. The summed E-state index contributed by atoms with van der Waals surface area (Å²) < 4.78 is 4.79. The molecule has 0 aliphatic heterocycles. The van der Waals surface area contributed by atoms with E-state index < -0.39 is 0 Å². The van der Waals surface area contributed by atoms with Crippen LogP contribution in [0, 0.1) is 0 Å². The van der Waals surface area contributed by atoms with Gasteiger partial charge in [-0.3, -0.25) is 4.57 Å². The SMILES string of the molecule is CC1(c2ccc3c(c2)c2c4ccccc4ccc2n3-c2ccc3c(c2)C(C)(C)c2ccccc2-3)C=Cc2c(c3ccccc3n2-c2nc(-c3ccc(-c4ccccc4)cc3)c3ccccc3n2)C1. The van der Waals surface area contributed by atoms with E-state index in [4.69, 9.17) is 9.97 Å². The molecular formula is C64H46N4. The first-order valence-corrected chi connectivity index (χ1v) is 23.8. The van der Waals surface area contributed by atoms with Gasteiger partial charge in [-0.15, -0.1) is 0 Å². The van der Waals surface area contributed by atoms with Crippen molar-refractivity contribution in [3.63, 3.8) is 0 Å².